The highest BCUT2D eigenvalue weighted by atomic mass is 35.5. The molecule has 0 unspecified atom stereocenters. The van der Waals surface area contributed by atoms with Gasteiger partial charge >= 0.3 is 0 Å². The molecule has 8 heteroatoms. The number of hydrogen-bond donors (Lipinski definition) is 1. The lowest BCUT2D eigenvalue weighted by atomic mass is 9.93. The zero-order chi connectivity index (χ0) is 16.3. The summed E-state index contributed by atoms with van der Waals surface area (Å²) in [7, 11) is 1.71. The van der Waals surface area contributed by atoms with Crippen molar-refractivity contribution in [3.63, 3.8) is 0 Å². The third-order valence-corrected chi connectivity index (χ3v) is 3.33. The SMILES string of the molecule is CN(CC(C)(C)CN)C(=O)c1cnn(-c2ccc(F)cc2)n1.Cl. The number of nitrogens with two attached hydrogens (primary N) is 1. The number of hydrogen-bond acceptors (Lipinski definition) is 4. The number of carbonyl (C=O) groups is 1. The summed E-state index contributed by atoms with van der Waals surface area (Å²) in [5.41, 5.74) is 6.34. The Morgan fingerprint density at radius 2 is 1.96 bits per heavy atom. The molecule has 2 aromatic rings. The minimum Gasteiger partial charge on any atom is -0.340 e. The van der Waals surface area contributed by atoms with E-state index in [-0.39, 0.29) is 35.2 Å². The van der Waals surface area contributed by atoms with E-state index in [4.69, 9.17) is 5.73 Å². The lowest BCUT2D eigenvalue weighted by Gasteiger charge is -2.28. The van der Waals surface area contributed by atoms with Crippen LogP contribution in [-0.2, 0) is 0 Å². The first kappa shape index (κ1) is 19.1. The van der Waals surface area contributed by atoms with Crippen molar-refractivity contribution in [2.75, 3.05) is 20.1 Å². The van der Waals surface area contributed by atoms with Crippen LogP contribution in [0.3, 0.4) is 0 Å². The molecule has 0 aliphatic heterocycles. The molecule has 23 heavy (non-hydrogen) atoms. The number of carbonyl (C=O) groups excluding carboxylic acids is 1. The molecule has 0 saturated heterocycles. The molecule has 1 amide bonds. The van der Waals surface area contributed by atoms with E-state index >= 15 is 0 Å². The van der Waals surface area contributed by atoms with Gasteiger partial charge in [0.05, 0.1) is 11.9 Å². The lowest BCUT2D eigenvalue weighted by molar-refractivity contribution is 0.0734. The topological polar surface area (TPSA) is 77.0 Å². The van der Waals surface area contributed by atoms with Crippen molar-refractivity contribution in [3.05, 3.63) is 42.0 Å². The van der Waals surface area contributed by atoms with E-state index in [1.807, 2.05) is 13.8 Å². The van der Waals surface area contributed by atoms with Crippen LogP contribution in [-0.4, -0.2) is 45.9 Å². The van der Waals surface area contributed by atoms with E-state index in [1.165, 1.54) is 23.1 Å². The maximum absolute atomic E-state index is 12.9. The number of halogens is 2. The van der Waals surface area contributed by atoms with Gasteiger partial charge in [-0.1, -0.05) is 13.8 Å². The first-order valence-corrected chi connectivity index (χ1v) is 6.96. The van der Waals surface area contributed by atoms with Crippen molar-refractivity contribution < 1.29 is 9.18 Å². The van der Waals surface area contributed by atoms with Gasteiger partial charge in [0.25, 0.3) is 5.91 Å². The third kappa shape index (κ3) is 4.74. The Morgan fingerprint density at radius 1 is 1.35 bits per heavy atom. The molecule has 0 fully saturated rings. The predicted molar refractivity (Wildman–Crippen MR) is 88.4 cm³/mol. The molecule has 1 aromatic carbocycles. The number of benzene rings is 1. The molecule has 0 atom stereocenters. The van der Waals surface area contributed by atoms with Crippen LogP contribution in [0.2, 0.25) is 0 Å². The second-order valence-electron chi connectivity index (χ2n) is 6.03. The zero-order valence-electron chi connectivity index (χ0n) is 13.4. The summed E-state index contributed by atoms with van der Waals surface area (Å²) in [6, 6.07) is 5.72. The summed E-state index contributed by atoms with van der Waals surface area (Å²) in [5.74, 6) is -0.564. The van der Waals surface area contributed by atoms with Crippen LogP contribution in [0.4, 0.5) is 4.39 Å². The summed E-state index contributed by atoms with van der Waals surface area (Å²) in [6.07, 6.45) is 1.40. The largest absolute Gasteiger partial charge is 0.340 e. The average Bonchev–Trinajstić information content (AvgIpc) is 2.96. The molecular formula is C15H21ClFN5O. The van der Waals surface area contributed by atoms with E-state index in [1.54, 1.807) is 24.1 Å². The van der Waals surface area contributed by atoms with Gasteiger partial charge in [0.15, 0.2) is 5.69 Å². The lowest BCUT2D eigenvalue weighted by Crippen LogP contribution is -2.39. The zero-order valence-corrected chi connectivity index (χ0v) is 14.2. The van der Waals surface area contributed by atoms with Gasteiger partial charge in [-0.2, -0.15) is 9.90 Å². The van der Waals surface area contributed by atoms with Crippen LogP contribution in [0.25, 0.3) is 5.69 Å². The second kappa shape index (κ2) is 7.52. The maximum atomic E-state index is 12.9. The molecule has 0 aliphatic carbocycles. The number of nitrogens with zero attached hydrogens (tertiary/aromatic N) is 4. The fourth-order valence-corrected chi connectivity index (χ4v) is 2.03. The normalized spacial score (nSPS) is 11.0. The van der Waals surface area contributed by atoms with Crippen LogP contribution in [0.1, 0.15) is 24.3 Å². The fraction of sp³-hybridized carbons (Fsp3) is 0.400. The minimum absolute atomic E-state index is 0. The monoisotopic (exact) mass is 341 g/mol. The summed E-state index contributed by atoms with van der Waals surface area (Å²) in [5, 5.41) is 8.19. The first-order valence-electron chi connectivity index (χ1n) is 6.96. The molecule has 0 bridgehead atoms. The molecule has 0 aliphatic rings. The van der Waals surface area contributed by atoms with Crippen molar-refractivity contribution in [2.45, 2.75) is 13.8 Å². The Labute approximate surface area is 140 Å². The van der Waals surface area contributed by atoms with Gasteiger partial charge in [-0.05, 0) is 36.2 Å². The van der Waals surface area contributed by atoms with Crippen molar-refractivity contribution in [1.29, 1.82) is 0 Å². The van der Waals surface area contributed by atoms with Gasteiger partial charge in [0.2, 0.25) is 0 Å². The van der Waals surface area contributed by atoms with Crippen LogP contribution in [0.5, 0.6) is 0 Å². The molecule has 6 nitrogen and oxygen atoms in total. The molecule has 0 saturated carbocycles. The quantitative estimate of drug-likeness (QED) is 0.900. The third-order valence-electron chi connectivity index (χ3n) is 3.33. The first-order chi connectivity index (χ1) is 10.3. The number of rotatable bonds is 5. The molecule has 0 radical (unpaired) electrons. The van der Waals surface area contributed by atoms with Crippen molar-refractivity contribution in [3.8, 4) is 5.69 Å². The Kier molecular flexibility index (Phi) is 6.23. The summed E-state index contributed by atoms with van der Waals surface area (Å²) in [6.45, 7) is 4.98. The van der Waals surface area contributed by atoms with E-state index in [9.17, 15) is 9.18 Å². The van der Waals surface area contributed by atoms with E-state index in [0.29, 0.717) is 18.8 Å². The Morgan fingerprint density at radius 3 is 2.52 bits per heavy atom. The second-order valence-corrected chi connectivity index (χ2v) is 6.03. The standard InChI is InChI=1S/C15H20FN5O.ClH/c1-15(2,9-17)10-20(3)14(22)13-8-18-21(19-13)12-6-4-11(16)5-7-12;/h4-8H,9-10,17H2,1-3H3;1H. The van der Waals surface area contributed by atoms with E-state index < -0.39 is 0 Å². The highest BCUT2D eigenvalue weighted by Crippen LogP contribution is 2.15. The van der Waals surface area contributed by atoms with Crippen LogP contribution >= 0.6 is 12.4 Å². The van der Waals surface area contributed by atoms with Crippen molar-refractivity contribution in [2.24, 2.45) is 11.1 Å². The summed E-state index contributed by atoms with van der Waals surface area (Å²) in [4.78, 5) is 15.2. The Hall–Kier alpha value is -1.99. The van der Waals surface area contributed by atoms with Gasteiger partial charge in [-0.25, -0.2) is 4.39 Å². The van der Waals surface area contributed by atoms with Gasteiger partial charge in [0, 0.05) is 13.6 Å². The van der Waals surface area contributed by atoms with Gasteiger partial charge in [-0.3, -0.25) is 4.79 Å². The van der Waals surface area contributed by atoms with E-state index in [0.717, 1.165) is 0 Å². The van der Waals surface area contributed by atoms with Gasteiger partial charge in [0.1, 0.15) is 5.82 Å². The van der Waals surface area contributed by atoms with Gasteiger partial charge in [-0.15, -0.1) is 17.5 Å². The molecule has 126 valence electrons. The number of amides is 1. The molecule has 1 aromatic heterocycles. The fourth-order valence-electron chi connectivity index (χ4n) is 2.03. The highest BCUT2D eigenvalue weighted by Gasteiger charge is 2.23. The molecule has 0 spiro atoms. The summed E-state index contributed by atoms with van der Waals surface area (Å²) >= 11 is 0. The molecular weight excluding hydrogens is 321 g/mol. The van der Waals surface area contributed by atoms with Gasteiger partial charge < -0.3 is 10.6 Å². The predicted octanol–water partition coefficient (Wildman–Crippen LogP) is 1.89. The number of aromatic nitrogens is 3. The maximum Gasteiger partial charge on any atom is 0.275 e. The van der Waals surface area contributed by atoms with Crippen molar-refractivity contribution in [1.82, 2.24) is 19.9 Å². The van der Waals surface area contributed by atoms with Crippen molar-refractivity contribution >= 4 is 18.3 Å². The highest BCUT2D eigenvalue weighted by molar-refractivity contribution is 5.91. The van der Waals surface area contributed by atoms with Crippen LogP contribution in [0.15, 0.2) is 30.5 Å². The molecule has 2 rings (SSSR count). The average molecular weight is 342 g/mol. The van der Waals surface area contributed by atoms with Crippen LogP contribution < -0.4 is 5.73 Å². The Bertz CT molecular complexity index is 656. The van der Waals surface area contributed by atoms with E-state index in [2.05, 4.69) is 10.2 Å². The minimum atomic E-state index is -0.337. The van der Waals surface area contributed by atoms with Crippen LogP contribution in [0, 0.1) is 11.2 Å². The molecule has 1 heterocycles. The Balaban J connectivity index is 0.00000264. The smallest absolute Gasteiger partial charge is 0.275 e. The molecule has 2 N–H and O–H groups in total. The summed E-state index contributed by atoms with van der Waals surface area (Å²) < 4.78 is 12.9.